The van der Waals surface area contributed by atoms with Crippen molar-refractivity contribution < 1.29 is 144 Å². The molecular formula is C5AlCuF15O15S5. The SMILES string of the molecule is O=S(=O)([O-])C(F)(F)F.O=S(=O)([O-])C(F)(F)F.O=S(=O)([O][Al]([O]S(=O)(=O)C(F)(F)F)[O]S(=O)(=O)C(F)(F)F)C(F)(F)F.[Cu+2]. The monoisotopic (exact) mass is 835 g/mol. The minimum Gasteiger partial charge on any atom is -0.741 e. The Morgan fingerprint density at radius 1 is 0.381 bits per heavy atom. The first-order chi connectivity index (χ1) is 17.0. The van der Waals surface area contributed by atoms with Gasteiger partial charge in [0.25, 0.3) is 0 Å². The van der Waals surface area contributed by atoms with Crippen LogP contribution in [-0.2, 0) is 77.4 Å². The maximum Gasteiger partial charge on any atom is 2.00 e. The number of hydrogen-bond donors (Lipinski definition) is 0. The second kappa shape index (κ2) is 14.8. The van der Waals surface area contributed by atoms with Crippen molar-refractivity contribution in [1.82, 2.24) is 0 Å². The van der Waals surface area contributed by atoms with Gasteiger partial charge >= 0.3 is 90.1 Å². The fourth-order valence-electron chi connectivity index (χ4n) is 0.522. The Morgan fingerprint density at radius 2 is 0.500 bits per heavy atom. The summed E-state index contributed by atoms with van der Waals surface area (Å²) in [6, 6.07) is 0. The summed E-state index contributed by atoms with van der Waals surface area (Å²) < 4.78 is 297. The van der Waals surface area contributed by atoms with Crippen molar-refractivity contribution in [2.24, 2.45) is 0 Å². The van der Waals surface area contributed by atoms with Gasteiger partial charge in [0.05, 0.1) is 0 Å². The van der Waals surface area contributed by atoms with Crippen molar-refractivity contribution in [2.75, 3.05) is 0 Å². The van der Waals surface area contributed by atoms with Crippen molar-refractivity contribution in [2.45, 2.75) is 27.5 Å². The average Bonchev–Trinajstić information content (AvgIpc) is 2.54. The summed E-state index contributed by atoms with van der Waals surface area (Å²) in [6.07, 6.45) is 0. The second-order valence-corrected chi connectivity index (χ2v) is 14.8. The predicted molar refractivity (Wildman–Crippen MR) is 85.4 cm³/mol. The first-order valence-electron chi connectivity index (χ1n) is 7.06. The number of halogens is 15. The van der Waals surface area contributed by atoms with E-state index in [1.165, 1.54) is 0 Å². The standard InChI is InChI=1S/5CHF3O3S.Al.Cu/c5*2-1(3,4)8(5,6)7;;/h5*(H,5,6,7);;/q;;;;;+3;+2/p-5. The molecule has 0 atom stereocenters. The zero-order valence-corrected chi connectivity index (χ0v) is 23.4. The minimum atomic E-state index is -7.08. The molecule has 0 aliphatic heterocycles. The third-order valence-electron chi connectivity index (χ3n) is 2.03. The van der Waals surface area contributed by atoms with E-state index in [-0.39, 0.29) is 17.1 Å². The van der Waals surface area contributed by atoms with Gasteiger partial charge in [0.15, 0.2) is 20.2 Å². The molecule has 42 heavy (non-hydrogen) atoms. The molecule has 0 unspecified atom stereocenters. The normalized spacial score (nSPS) is 14.4. The van der Waals surface area contributed by atoms with Gasteiger partial charge in [-0.1, -0.05) is 0 Å². The fraction of sp³-hybridized carbons (Fsp3) is 1.00. The topological polar surface area (TPSA) is 245 Å². The molecule has 0 spiro atoms. The molecule has 0 bridgehead atoms. The van der Waals surface area contributed by atoms with Gasteiger partial charge in [0.1, 0.15) is 0 Å². The summed E-state index contributed by atoms with van der Waals surface area (Å²) in [4.78, 5) is 0. The Hall–Kier alpha value is -0.448. The molecule has 0 rings (SSSR count). The molecule has 0 saturated heterocycles. The van der Waals surface area contributed by atoms with Crippen molar-refractivity contribution in [3.8, 4) is 0 Å². The quantitative estimate of drug-likeness (QED) is 0.155. The predicted octanol–water partition coefficient (Wildman–Crippen LogP) is 0.670. The second-order valence-electron chi connectivity index (χ2n) is 5.08. The Balaban J connectivity index is -0.000000346. The number of rotatable bonds is 6. The van der Waals surface area contributed by atoms with Gasteiger partial charge in [0, 0.05) is 0 Å². The van der Waals surface area contributed by atoms with Crippen LogP contribution < -0.4 is 0 Å². The van der Waals surface area contributed by atoms with Crippen molar-refractivity contribution in [3.05, 3.63) is 0 Å². The maximum atomic E-state index is 12.0. The Morgan fingerprint density at radius 3 is 0.571 bits per heavy atom. The largest absolute Gasteiger partial charge is 2.00 e. The first kappa shape index (κ1) is 48.5. The summed E-state index contributed by atoms with van der Waals surface area (Å²) in [5, 5.41) is 0. The van der Waals surface area contributed by atoms with E-state index in [2.05, 4.69) is 9.70 Å². The molecule has 0 aromatic heterocycles. The van der Waals surface area contributed by atoms with E-state index in [9.17, 15) is 91.1 Å². The molecule has 0 amide bonds. The molecular weight excluding hydrogens is 836 g/mol. The van der Waals surface area contributed by atoms with Gasteiger partial charge < -0.3 is 18.8 Å². The maximum absolute atomic E-state index is 12.0. The molecule has 15 nitrogen and oxygen atoms in total. The smallest absolute Gasteiger partial charge is 0.741 e. The van der Waals surface area contributed by atoms with Gasteiger partial charge in [0.2, 0.25) is 0 Å². The van der Waals surface area contributed by atoms with E-state index in [0.29, 0.717) is 0 Å². The van der Waals surface area contributed by atoms with Gasteiger partial charge in [-0.15, -0.1) is 0 Å². The Bertz CT molecular complexity index is 1270. The molecule has 0 fully saturated rings. The summed E-state index contributed by atoms with van der Waals surface area (Å²) in [5.74, 6) is 0. The third kappa shape index (κ3) is 16.6. The van der Waals surface area contributed by atoms with Gasteiger partial charge in [-0.25, -0.2) is 16.8 Å². The van der Waals surface area contributed by atoms with Gasteiger partial charge in [-0.2, -0.15) is 91.1 Å². The zero-order valence-electron chi connectivity index (χ0n) is 17.2. The van der Waals surface area contributed by atoms with E-state index in [4.69, 9.17) is 25.9 Å². The Kier molecular flexibility index (Phi) is 17.0. The summed E-state index contributed by atoms with van der Waals surface area (Å²) in [7, 11) is -33.4. The van der Waals surface area contributed by atoms with E-state index in [1.807, 2.05) is 0 Å². The van der Waals surface area contributed by atoms with Crippen molar-refractivity contribution in [3.63, 3.8) is 0 Å². The minimum absolute atomic E-state index is 0. The van der Waals surface area contributed by atoms with Crippen LogP contribution in [0.1, 0.15) is 0 Å². The molecule has 0 N–H and O–H groups in total. The van der Waals surface area contributed by atoms with E-state index >= 15 is 0 Å². The van der Waals surface area contributed by atoms with Crippen LogP contribution in [0.3, 0.4) is 0 Å². The van der Waals surface area contributed by atoms with Crippen molar-refractivity contribution in [1.29, 1.82) is 0 Å². The molecule has 0 aliphatic rings. The zero-order chi connectivity index (χ0) is 34.7. The third-order valence-corrected chi connectivity index (χ3v) is 9.79. The van der Waals surface area contributed by atoms with Crippen LogP contribution in [-0.4, -0.2) is 93.9 Å². The number of hydrogen-bond acceptors (Lipinski definition) is 15. The van der Waals surface area contributed by atoms with Crippen LogP contribution >= 0.6 is 0 Å². The molecule has 0 aromatic carbocycles. The molecule has 37 heteroatoms. The first-order valence-corrected chi connectivity index (χ1v) is 15.5. The van der Waals surface area contributed by atoms with Gasteiger partial charge in [-0.3, -0.25) is 0 Å². The van der Waals surface area contributed by atoms with E-state index < -0.39 is 93.3 Å². The molecule has 1 radical (unpaired) electrons. The molecule has 0 aromatic rings. The average molecular weight is 836 g/mol. The summed E-state index contributed by atoms with van der Waals surface area (Å²) in [6.45, 7) is 0. The summed E-state index contributed by atoms with van der Waals surface area (Å²) >= 11 is -6.33. The molecule has 0 saturated carbocycles. The van der Waals surface area contributed by atoms with E-state index in [1.54, 1.807) is 0 Å². The van der Waals surface area contributed by atoms with E-state index in [0.717, 1.165) is 0 Å². The van der Waals surface area contributed by atoms with Crippen LogP contribution in [0.15, 0.2) is 0 Å². The van der Waals surface area contributed by atoms with Gasteiger partial charge in [-0.05, 0) is 0 Å². The van der Waals surface area contributed by atoms with Crippen LogP contribution in [0.25, 0.3) is 0 Å². The van der Waals surface area contributed by atoms with Crippen LogP contribution in [0, 0.1) is 0 Å². The summed E-state index contributed by atoms with van der Waals surface area (Å²) in [5.41, 5.74) is -30.8. The van der Waals surface area contributed by atoms with Crippen LogP contribution in [0.5, 0.6) is 0 Å². The van der Waals surface area contributed by atoms with Crippen LogP contribution in [0.2, 0.25) is 0 Å². The molecule has 259 valence electrons. The molecule has 0 aliphatic carbocycles. The Labute approximate surface area is 236 Å². The van der Waals surface area contributed by atoms with Crippen molar-refractivity contribution >= 4 is 65.7 Å². The van der Waals surface area contributed by atoms with Crippen LogP contribution in [0.4, 0.5) is 65.9 Å². The number of alkyl halides is 15. The molecule has 0 heterocycles. The fourth-order valence-corrected chi connectivity index (χ4v) is 5.56.